The van der Waals surface area contributed by atoms with Gasteiger partial charge in [-0.2, -0.15) is 0 Å². The van der Waals surface area contributed by atoms with Crippen LogP contribution in [0.5, 0.6) is 5.75 Å². The Kier molecular flexibility index (Phi) is 4.59. The van der Waals surface area contributed by atoms with Crippen LogP contribution in [-0.4, -0.2) is 50.7 Å². The maximum atomic E-state index is 12.8. The summed E-state index contributed by atoms with van der Waals surface area (Å²) in [4.78, 5) is 14.6. The van der Waals surface area contributed by atoms with Gasteiger partial charge in [0.25, 0.3) is 5.91 Å². The summed E-state index contributed by atoms with van der Waals surface area (Å²) in [5.41, 5.74) is 1.05. The minimum absolute atomic E-state index is 0.0406. The molecule has 2 aliphatic heterocycles. The fraction of sp³-hybridized carbons (Fsp3) is 0.562. The summed E-state index contributed by atoms with van der Waals surface area (Å²) < 4.78 is 30.9. The number of piperidine rings is 1. The molecule has 0 saturated carbocycles. The van der Waals surface area contributed by atoms with E-state index in [1.807, 2.05) is 24.3 Å². The number of carbonyl (C=O) groups is 1. The molecule has 0 aromatic heterocycles. The number of nitrogens with zero attached hydrogens (tertiary/aromatic N) is 1. The highest BCUT2D eigenvalue weighted by Crippen LogP contribution is 2.30. The van der Waals surface area contributed by atoms with Crippen molar-refractivity contribution in [1.29, 1.82) is 0 Å². The van der Waals surface area contributed by atoms with Crippen molar-refractivity contribution in [3.63, 3.8) is 0 Å². The Labute approximate surface area is 136 Å². The lowest BCUT2D eigenvalue weighted by Crippen LogP contribution is -2.53. The van der Waals surface area contributed by atoms with Gasteiger partial charge in [-0.05, 0) is 30.9 Å². The molecule has 2 heterocycles. The van der Waals surface area contributed by atoms with Crippen LogP contribution in [0.2, 0.25) is 0 Å². The molecule has 1 aromatic carbocycles. The molecule has 1 amide bonds. The molecular formula is C16H22N2O4S. The van der Waals surface area contributed by atoms with Crippen LogP contribution in [0.25, 0.3) is 0 Å². The quantitative estimate of drug-likeness (QED) is 0.886. The summed E-state index contributed by atoms with van der Waals surface area (Å²) in [6, 6.07) is 7.58. The van der Waals surface area contributed by atoms with E-state index in [0.717, 1.165) is 36.8 Å². The number of rotatable bonds is 4. The van der Waals surface area contributed by atoms with Crippen molar-refractivity contribution in [3.8, 4) is 5.75 Å². The maximum Gasteiger partial charge on any atom is 0.264 e. The zero-order valence-corrected chi connectivity index (χ0v) is 14.0. The summed E-state index contributed by atoms with van der Waals surface area (Å²) in [6.45, 7) is 0.926. The van der Waals surface area contributed by atoms with E-state index in [1.54, 1.807) is 4.90 Å². The minimum Gasteiger partial charge on any atom is -0.480 e. The van der Waals surface area contributed by atoms with Gasteiger partial charge in [0.15, 0.2) is 6.10 Å². The fourth-order valence-electron chi connectivity index (χ4n) is 3.26. The molecular weight excluding hydrogens is 316 g/mol. The average Bonchev–Trinajstić information content (AvgIpc) is 2.96. The number of benzene rings is 1. The van der Waals surface area contributed by atoms with Crippen molar-refractivity contribution in [2.45, 2.75) is 37.8 Å². The molecule has 1 saturated heterocycles. The van der Waals surface area contributed by atoms with Crippen LogP contribution in [0, 0.1) is 0 Å². The molecule has 1 fully saturated rings. The van der Waals surface area contributed by atoms with Crippen LogP contribution in [0.15, 0.2) is 24.3 Å². The lowest BCUT2D eigenvalue weighted by molar-refractivity contribution is -0.141. The molecule has 1 N–H and O–H groups in total. The smallest absolute Gasteiger partial charge is 0.264 e. The Balaban J connectivity index is 1.67. The Hall–Kier alpha value is -1.60. The highest BCUT2D eigenvalue weighted by atomic mass is 32.2. The van der Waals surface area contributed by atoms with E-state index < -0.39 is 16.1 Å². The van der Waals surface area contributed by atoms with Crippen LogP contribution in [0.4, 0.5) is 0 Å². The van der Waals surface area contributed by atoms with Crippen molar-refractivity contribution in [2.24, 2.45) is 0 Å². The largest absolute Gasteiger partial charge is 0.480 e. The zero-order valence-electron chi connectivity index (χ0n) is 13.2. The van der Waals surface area contributed by atoms with E-state index in [1.165, 1.54) is 0 Å². The van der Waals surface area contributed by atoms with Gasteiger partial charge in [-0.1, -0.05) is 18.2 Å². The first-order valence-electron chi connectivity index (χ1n) is 7.94. The summed E-state index contributed by atoms with van der Waals surface area (Å²) in [6.07, 6.45) is 3.99. The monoisotopic (exact) mass is 338 g/mol. The first-order chi connectivity index (χ1) is 10.9. The second kappa shape index (κ2) is 6.49. The van der Waals surface area contributed by atoms with Crippen LogP contribution >= 0.6 is 0 Å². The van der Waals surface area contributed by atoms with E-state index in [9.17, 15) is 13.2 Å². The van der Waals surface area contributed by atoms with Crippen LogP contribution in [-0.2, 0) is 21.2 Å². The SMILES string of the molecule is CS(=O)(=O)NC[C@@H]1CCCCN1C(=O)[C@H]1Cc2ccccc2O1. The molecule has 23 heavy (non-hydrogen) atoms. The van der Waals surface area contributed by atoms with Gasteiger partial charge in [0.2, 0.25) is 10.0 Å². The average molecular weight is 338 g/mol. The van der Waals surface area contributed by atoms with Gasteiger partial charge in [-0.15, -0.1) is 0 Å². The van der Waals surface area contributed by atoms with Crippen LogP contribution in [0.3, 0.4) is 0 Å². The molecule has 0 spiro atoms. The summed E-state index contributed by atoms with van der Waals surface area (Å²) in [7, 11) is -3.25. The van der Waals surface area contributed by atoms with Gasteiger partial charge in [0.05, 0.1) is 6.26 Å². The zero-order chi connectivity index (χ0) is 16.4. The van der Waals surface area contributed by atoms with E-state index in [4.69, 9.17) is 4.74 Å². The number of amides is 1. The third kappa shape index (κ3) is 3.84. The Morgan fingerprint density at radius 1 is 1.35 bits per heavy atom. The third-order valence-corrected chi connectivity index (χ3v) is 5.10. The first kappa shape index (κ1) is 16.3. The van der Waals surface area contributed by atoms with Gasteiger partial charge in [-0.3, -0.25) is 4.79 Å². The van der Waals surface area contributed by atoms with Crippen LogP contribution in [0.1, 0.15) is 24.8 Å². The lowest BCUT2D eigenvalue weighted by Gasteiger charge is -2.37. The lowest BCUT2D eigenvalue weighted by atomic mass is 10.0. The molecule has 2 atom stereocenters. The van der Waals surface area contributed by atoms with Crippen molar-refractivity contribution < 1.29 is 17.9 Å². The molecule has 0 aliphatic carbocycles. The number of carbonyl (C=O) groups excluding carboxylic acids is 1. The maximum absolute atomic E-state index is 12.8. The van der Waals surface area contributed by atoms with Gasteiger partial charge in [0.1, 0.15) is 5.75 Å². The van der Waals surface area contributed by atoms with E-state index in [0.29, 0.717) is 13.0 Å². The number of ether oxygens (including phenoxy) is 1. The topological polar surface area (TPSA) is 75.7 Å². The molecule has 0 unspecified atom stereocenters. The van der Waals surface area contributed by atoms with Crippen molar-refractivity contribution in [3.05, 3.63) is 29.8 Å². The highest BCUT2D eigenvalue weighted by Gasteiger charge is 2.36. The van der Waals surface area contributed by atoms with Crippen LogP contribution < -0.4 is 9.46 Å². The summed E-state index contributed by atoms with van der Waals surface area (Å²) in [5.74, 6) is 0.731. The molecule has 0 radical (unpaired) electrons. The van der Waals surface area contributed by atoms with Crippen molar-refractivity contribution in [2.75, 3.05) is 19.3 Å². The number of hydrogen-bond acceptors (Lipinski definition) is 4. The molecule has 7 heteroatoms. The molecule has 0 bridgehead atoms. The fourth-order valence-corrected chi connectivity index (χ4v) is 3.75. The Morgan fingerprint density at radius 3 is 2.87 bits per heavy atom. The third-order valence-electron chi connectivity index (χ3n) is 4.41. The van der Waals surface area contributed by atoms with Crippen molar-refractivity contribution in [1.82, 2.24) is 9.62 Å². The van der Waals surface area contributed by atoms with E-state index >= 15 is 0 Å². The molecule has 2 aliphatic rings. The number of nitrogens with one attached hydrogen (secondary N) is 1. The number of para-hydroxylation sites is 1. The Morgan fingerprint density at radius 2 is 2.13 bits per heavy atom. The number of fused-ring (bicyclic) bond motifs is 1. The first-order valence-corrected chi connectivity index (χ1v) is 9.83. The standard InChI is InChI=1S/C16H22N2O4S/c1-23(20,21)17-11-13-7-4-5-9-18(13)16(19)15-10-12-6-2-3-8-14(12)22-15/h2-3,6,8,13,15,17H,4-5,7,9-11H2,1H3/t13-,15+/m0/s1. The predicted molar refractivity (Wildman–Crippen MR) is 86.8 cm³/mol. The molecule has 1 aromatic rings. The molecule has 126 valence electrons. The highest BCUT2D eigenvalue weighted by molar-refractivity contribution is 7.88. The molecule has 3 rings (SSSR count). The van der Waals surface area contributed by atoms with Gasteiger partial charge >= 0.3 is 0 Å². The predicted octanol–water partition coefficient (Wildman–Crippen LogP) is 0.920. The molecule has 6 nitrogen and oxygen atoms in total. The van der Waals surface area contributed by atoms with Gasteiger partial charge in [0, 0.05) is 25.6 Å². The number of sulfonamides is 1. The second-order valence-electron chi connectivity index (χ2n) is 6.22. The normalized spacial score (nSPS) is 24.1. The van der Waals surface area contributed by atoms with Crippen molar-refractivity contribution >= 4 is 15.9 Å². The van der Waals surface area contributed by atoms with E-state index in [-0.39, 0.29) is 18.5 Å². The number of likely N-dealkylation sites (tertiary alicyclic amines) is 1. The van der Waals surface area contributed by atoms with Gasteiger partial charge in [-0.25, -0.2) is 13.1 Å². The summed E-state index contributed by atoms with van der Waals surface area (Å²) >= 11 is 0. The summed E-state index contributed by atoms with van der Waals surface area (Å²) in [5, 5.41) is 0. The minimum atomic E-state index is -3.25. The Bertz CT molecular complexity index is 664. The second-order valence-corrected chi connectivity index (χ2v) is 8.05. The van der Waals surface area contributed by atoms with E-state index in [2.05, 4.69) is 4.72 Å². The van der Waals surface area contributed by atoms with Gasteiger partial charge < -0.3 is 9.64 Å². The number of hydrogen-bond donors (Lipinski definition) is 1.